The van der Waals surface area contributed by atoms with Gasteiger partial charge in [0.15, 0.2) is 0 Å². The third-order valence-corrected chi connectivity index (χ3v) is 7.68. The van der Waals surface area contributed by atoms with Crippen LogP contribution in [0.2, 0.25) is 0 Å². The van der Waals surface area contributed by atoms with E-state index in [4.69, 9.17) is 12.2 Å². The van der Waals surface area contributed by atoms with Gasteiger partial charge in [0.2, 0.25) is 0 Å². The molecule has 160 valence electrons. The molecule has 1 saturated carbocycles. The van der Waals surface area contributed by atoms with E-state index in [9.17, 15) is 0 Å². The van der Waals surface area contributed by atoms with Crippen LogP contribution >= 0.6 is 24.0 Å². The van der Waals surface area contributed by atoms with E-state index in [0.29, 0.717) is 6.04 Å². The second-order valence-corrected chi connectivity index (χ2v) is 10.4. The Morgan fingerprint density at radius 2 is 1.83 bits per heavy atom. The zero-order valence-corrected chi connectivity index (χ0v) is 20.0. The third kappa shape index (κ3) is 4.84. The molecule has 1 unspecified atom stereocenters. The molecular weight excluding hydrogens is 406 g/mol. The van der Waals surface area contributed by atoms with E-state index in [2.05, 4.69) is 78.6 Å². The lowest BCUT2D eigenvalue weighted by atomic mass is 9.89. The number of hydrogen-bond acceptors (Lipinski definition) is 4. The maximum Gasteiger partial charge on any atom is 0.106 e. The molecule has 1 N–H and O–H groups in total. The van der Waals surface area contributed by atoms with Gasteiger partial charge >= 0.3 is 0 Å². The lowest BCUT2D eigenvalue weighted by molar-refractivity contribution is 0.357. The molecule has 3 nitrogen and oxygen atoms in total. The standard InChI is InChI=1S/C25H33N3S2/c1-18(17-27(2)3)28-21-11-7-8-12-23(21)30-24-14-13-20(15-22(24)28)25(29)26-16-19-9-5-4-6-10-19/h7-8,11-15,18-19H,4-6,9-10,16-17H2,1-3H3,(H,26,29). The van der Waals surface area contributed by atoms with Crippen LogP contribution in [0.15, 0.2) is 52.3 Å². The Morgan fingerprint density at radius 1 is 1.10 bits per heavy atom. The van der Waals surface area contributed by atoms with Gasteiger partial charge in [-0.05, 0) is 64.0 Å². The highest BCUT2D eigenvalue weighted by Gasteiger charge is 2.28. The molecule has 0 spiro atoms. The summed E-state index contributed by atoms with van der Waals surface area (Å²) in [5, 5.41) is 3.57. The monoisotopic (exact) mass is 439 g/mol. The first-order valence-electron chi connectivity index (χ1n) is 11.2. The van der Waals surface area contributed by atoms with Crippen LogP contribution < -0.4 is 10.2 Å². The summed E-state index contributed by atoms with van der Waals surface area (Å²) in [5.74, 6) is 0.772. The minimum absolute atomic E-state index is 0.361. The molecule has 2 aromatic carbocycles. The van der Waals surface area contributed by atoms with E-state index in [1.165, 1.54) is 53.3 Å². The molecule has 30 heavy (non-hydrogen) atoms. The average molecular weight is 440 g/mol. The Kier molecular flexibility index (Phi) is 7.01. The van der Waals surface area contributed by atoms with Gasteiger partial charge in [-0.3, -0.25) is 0 Å². The Balaban J connectivity index is 1.58. The number of hydrogen-bond donors (Lipinski definition) is 1. The third-order valence-electron chi connectivity index (χ3n) is 6.17. The van der Waals surface area contributed by atoms with Gasteiger partial charge in [0.1, 0.15) is 4.99 Å². The first-order chi connectivity index (χ1) is 14.5. The van der Waals surface area contributed by atoms with Crippen LogP contribution in [0.3, 0.4) is 0 Å². The van der Waals surface area contributed by atoms with E-state index >= 15 is 0 Å². The van der Waals surface area contributed by atoms with Crippen LogP contribution in [0.1, 0.15) is 44.6 Å². The van der Waals surface area contributed by atoms with E-state index in [-0.39, 0.29) is 0 Å². The molecule has 1 aliphatic heterocycles. The molecule has 1 atom stereocenters. The van der Waals surface area contributed by atoms with Gasteiger partial charge in [-0.15, -0.1) is 0 Å². The molecule has 0 amide bonds. The van der Waals surface area contributed by atoms with Crippen molar-refractivity contribution in [3.63, 3.8) is 0 Å². The Labute approximate surface area is 191 Å². The van der Waals surface area contributed by atoms with Crippen LogP contribution in [0, 0.1) is 5.92 Å². The quantitative estimate of drug-likeness (QED) is 0.548. The summed E-state index contributed by atoms with van der Waals surface area (Å²) in [6, 6.07) is 15.8. The number of thiocarbonyl (C=S) groups is 1. The van der Waals surface area contributed by atoms with E-state index in [0.717, 1.165) is 29.6 Å². The summed E-state index contributed by atoms with van der Waals surface area (Å²) >= 11 is 7.66. The van der Waals surface area contributed by atoms with Crippen molar-refractivity contribution in [1.29, 1.82) is 0 Å². The Hall–Kier alpha value is -1.56. The molecule has 5 heteroatoms. The van der Waals surface area contributed by atoms with E-state index in [1.54, 1.807) is 0 Å². The summed E-state index contributed by atoms with van der Waals surface area (Å²) in [7, 11) is 4.28. The lowest BCUT2D eigenvalue weighted by Gasteiger charge is -2.38. The Bertz CT molecular complexity index is 890. The van der Waals surface area contributed by atoms with Gasteiger partial charge in [0, 0.05) is 34.5 Å². The van der Waals surface area contributed by atoms with Crippen molar-refractivity contribution < 1.29 is 0 Å². The van der Waals surface area contributed by atoms with Crippen molar-refractivity contribution in [3.05, 3.63) is 48.0 Å². The van der Waals surface area contributed by atoms with Gasteiger partial charge in [0.25, 0.3) is 0 Å². The molecule has 2 aliphatic rings. The van der Waals surface area contributed by atoms with Gasteiger partial charge in [-0.1, -0.05) is 61.4 Å². The maximum absolute atomic E-state index is 5.80. The Morgan fingerprint density at radius 3 is 2.60 bits per heavy atom. The molecular formula is C25H33N3S2. The first kappa shape index (κ1) is 21.7. The van der Waals surface area contributed by atoms with Crippen molar-refractivity contribution in [2.24, 2.45) is 5.92 Å². The largest absolute Gasteiger partial charge is 0.376 e. The topological polar surface area (TPSA) is 18.5 Å². The van der Waals surface area contributed by atoms with Crippen LogP contribution in [0.5, 0.6) is 0 Å². The zero-order chi connectivity index (χ0) is 21.1. The van der Waals surface area contributed by atoms with Crippen LogP contribution in [0.4, 0.5) is 11.4 Å². The zero-order valence-electron chi connectivity index (χ0n) is 18.4. The highest BCUT2D eigenvalue weighted by atomic mass is 32.2. The van der Waals surface area contributed by atoms with Gasteiger partial charge in [0.05, 0.1) is 11.4 Å². The number of anilines is 2. The summed E-state index contributed by atoms with van der Waals surface area (Å²) in [4.78, 5) is 8.26. The number of para-hydroxylation sites is 1. The minimum Gasteiger partial charge on any atom is -0.376 e. The highest BCUT2D eigenvalue weighted by molar-refractivity contribution is 7.99. The maximum atomic E-state index is 5.80. The normalized spacial score (nSPS) is 17.4. The number of nitrogens with zero attached hydrogens (tertiary/aromatic N) is 2. The first-order valence-corrected chi connectivity index (χ1v) is 12.4. The smallest absolute Gasteiger partial charge is 0.106 e. The molecule has 0 aromatic heterocycles. The molecule has 1 fully saturated rings. The van der Waals surface area contributed by atoms with Crippen LogP contribution in [-0.2, 0) is 0 Å². The van der Waals surface area contributed by atoms with E-state index < -0.39 is 0 Å². The fourth-order valence-electron chi connectivity index (χ4n) is 4.74. The number of nitrogens with one attached hydrogen (secondary N) is 1. The summed E-state index contributed by atoms with van der Waals surface area (Å²) in [6.45, 7) is 4.31. The SMILES string of the molecule is CC(CN(C)C)N1c2ccccc2Sc2ccc(C(=S)NCC3CCCCC3)cc21. The van der Waals surface area contributed by atoms with Crippen molar-refractivity contribution in [1.82, 2.24) is 10.2 Å². The van der Waals surface area contributed by atoms with E-state index in [1.807, 2.05) is 11.8 Å². The lowest BCUT2D eigenvalue weighted by Crippen LogP contribution is -2.38. The molecule has 4 rings (SSSR count). The predicted molar refractivity (Wildman–Crippen MR) is 133 cm³/mol. The van der Waals surface area contributed by atoms with Crippen molar-refractivity contribution in [2.45, 2.75) is 54.9 Å². The highest BCUT2D eigenvalue weighted by Crippen LogP contribution is 2.49. The van der Waals surface area contributed by atoms with Crippen LogP contribution in [0.25, 0.3) is 0 Å². The minimum atomic E-state index is 0.361. The fraction of sp³-hybridized carbons (Fsp3) is 0.480. The van der Waals surface area contributed by atoms with Crippen LogP contribution in [-0.4, -0.2) is 43.1 Å². The van der Waals surface area contributed by atoms with Gasteiger partial charge in [-0.25, -0.2) is 0 Å². The summed E-state index contributed by atoms with van der Waals surface area (Å²) < 4.78 is 0. The summed E-state index contributed by atoms with van der Waals surface area (Å²) in [5.41, 5.74) is 3.69. The second kappa shape index (κ2) is 9.71. The van der Waals surface area contributed by atoms with Crippen molar-refractivity contribution in [3.8, 4) is 0 Å². The van der Waals surface area contributed by atoms with Crippen molar-refractivity contribution >= 4 is 40.3 Å². The molecule has 1 aliphatic carbocycles. The number of fused-ring (bicyclic) bond motifs is 2. The second-order valence-electron chi connectivity index (χ2n) is 8.95. The number of benzene rings is 2. The van der Waals surface area contributed by atoms with Gasteiger partial charge in [-0.2, -0.15) is 0 Å². The molecule has 0 bridgehead atoms. The molecule has 0 radical (unpaired) electrons. The number of likely N-dealkylation sites (N-methyl/N-ethyl adjacent to an activating group) is 1. The fourth-order valence-corrected chi connectivity index (χ4v) is 6.00. The summed E-state index contributed by atoms with van der Waals surface area (Å²) in [6.07, 6.45) is 6.80. The molecule has 1 heterocycles. The molecule has 2 aromatic rings. The molecule has 0 saturated heterocycles. The number of rotatable bonds is 6. The van der Waals surface area contributed by atoms with Gasteiger partial charge < -0.3 is 15.1 Å². The predicted octanol–water partition coefficient (Wildman–Crippen LogP) is 6.08. The van der Waals surface area contributed by atoms with Crippen molar-refractivity contribution in [2.75, 3.05) is 32.1 Å². The average Bonchev–Trinajstić information content (AvgIpc) is 2.75.